The first-order valence-corrected chi connectivity index (χ1v) is 4.21. The molecule has 14 heavy (non-hydrogen) atoms. The van der Waals surface area contributed by atoms with E-state index in [1.54, 1.807) is 32.4 Å². The molecule has 0 aromatic carbocycles. The lowest BCUT2D eigenvalue weighted by atomic mass is 10.4. The minimum absolute atomic E-state index is 0.305. The van der Waals surface area contributed by atoms with Crippen LogP contribution < -0.4 is 0 Å². The minimum atomic E-state index is -0.305. The largest absolute Gasteiger partial charge is 0.516 e. The van der Waals surface area contributed by atoms with Crippen LogP contribution >= 0.6 is 0 Å². The molecule has 0 aliphatic rings. The fourth-order valence-electron chi connectivity index (χ4n) is 0.715. The van der Waals surface area contributed by atoms with Gasteiger partial charge in [-0.15, -0.1) is 0 Å². The molecule has 0 aliphatic heterocycles. The molecule has 0 saturated heterocycles. The normalized spacial score (nSPS) is 13.4. The fraction of sp³-hybridized carbons (Fsp3) is 0.273. The van der Waals surface area contributed by atoms with Gasteiger partial charge in [0.2, 0.25) is 0 Å². The molecular weight excluding hydrogens is 180 g/mol. The van der Waals surface area contributed by atoms with E-state index < -0.39 is 0 Å². The molecule has 0 spiro atoms. The molecule has 1 N–H and O–H groups in total. The predicted octanol–water partition coefficient (Wildman–Crippen LogP) is 2.35. The molecule has 0 bridgehead atoms. The van der Waals surface area contributed by atoms with Crippen LogP contribution in [0, 0.1) is 0 Å². The summed E-state index contributed by atoms with van der Waals surface area (Å²) in [4.78, 5) is 0. The maximum atomic E-state index is 8.30. The molecule has 3 heteroatoms. The fourth-order valence-corrected chi connectivity index (χ4v) is 0.715. The van der Waals surface area contributed by atoms with Crippen molar-refractivity contribution in [3.8, 4) is 0 Å². The Balaban J connectivity index is 3.79. The van der Waals surface area contributed by atoms with Crippen LogP contribution in [0.2, 0.25) is 0 Å². The first-order valence-electron chi connectivity index (χ1n) is 4.21. The van der Waals surface area contributed by atoms with Gasteiger partial charge in [0.15, 0.2) is 6.29 Å². The zero-order valence-corrected chi connectivity index (χ0v) is 8.46. The topological polar surface area (TPSA) is 38.7 Å². The van der Waals surface area contributed by atoms with Crippen molar-refractivity contribution in [1.82, 2.24) is 0 Å². The van der Waals surface area contributed by atoms with Crippen LogP contribution in [0.4, 0.5) is 0 Å². The highest BCUT2D eigenvalue weighted by Gasteiger charge is 1.94. The lowest BCUT2D eigenvalue weighted by Crippen LogP contribution is -2.08. The zero-order valence-electron chi connectivity index (χ0n) is 8.46. The smallest absolute Gasteiger partial charge is 0.176 e. The van der Waals surface area contributed by atoms with E-state index in [0.29, 0.717) is 0 Å². The van der Waals surface area contributed by atoms with Crippen LogP contribution in [0.25, 0.3) is 0 Å². The molecule has 0 radical (unpaired) electrons. The van der Waals surface area contributed by atoms with E-state index in [1.165, 1.54) is 6.08 Å². The molecule has 0 atom stereocenters. The Hall–Kier alpha value is -1.32. The van der Waals surface area contributed by atoms with Crippen LogP contribution in [0.15, 0.2) is 48.8 Å². The second-order valence-electron chi connectivity index (χ2n) is 2.34. The SMILES string of the molecule is COC(/C=C/C=C/C=C/C=C/O)OC. The molecule has 0 amide bonds. The Morgan fingerprint density at radius 1 is 0.857 bits per heavy atom. The van der Waals surface area contributed by atoms with E-state index in [2.05, 4.69) is 0 Å². The van der Waals surface area contributed by atoms with Crippen molar-refractivity contribution >= 4 is 0 Å². The van der Waals surface area contributed by atoms with Crippen molar-refractivity contribution in [1.29, 1.82) is 0 Å². The van der Waals surface area contributed by atoms with Crippen molar-refractivity contribution in [2.24, 2.45) is 0 Å². The molecule has 0 fully saturated rings. The van der Waals surface area contributed by atoms with E-state index in [0.717, 1.165) is 6.26 Å². The number of aliphatic hydroxyl groups excluding tert-OH is 1. The van der Waals surface area contributed by atoms with Gasteiger partial charge in [-0.1, -0.05) is 30.4 Å². The third-order valence-corrected chi connectivity index (χ3v) is 1.37. The summed E-state index contributed by atoms with van der Waals surface area (Å²) in [6.45, 7) is 0. The third kappa shape index (κ3) is 7.34. The molecule has 0 unspecified atom stereocenters. The van der Waals surface area contributed by atoms with Crippen LogP contribution in [-0.4, -0.2) is 25.6 Å². The second-order valence-corrected chi connectivity index (χ2v) is 2.34. The number of hydrogen-bond donors (Lipinski definition) is 1. The lowest BCUT2D eigenvalue weighted by Gasteiger charge is -2.05. The Morgan fingerprint density at radius 3 is 1.86 bits per heavy atom. The first-order chi connectivity index (χ1) is 6.85. The molecular formula is C11H16O3. The Labute approximate surface area is 84.7 Å². The van der Waals surface area contributed by atoms with Gasteiger partial charge in [0.05, 0.1) is 6.26 Å². The average Bonchev–Trinajstić information content (AvgIpc) is 2.22. The quantitative estimate of drug-likeness (QED) is 0.402. The highest BCUT2D eigenvalue weighted by atomic mass is 16.7. The van der Waals surface area contributed by atoms with Crippen molar-refractivity contribution in [3.05, 3.63) is 48.8 Å². The van der Waals surface area contributed by atoms with Gasteiger partial charge in [-0.05, 0) is 12.2 Å². The molecule has 0 rings (SSSR count). The molecule has 0 aromatic heterocycles. The highest BCUT2D eigenvalue weighted by Crippen LogP contribution is 1.92. The molecule has 0 heterocycles. The first kappa shape index (κ1) is 12.7. The third-order valence-electron chi connectivity index (χ3n) is 1.37. The maximum Gasteiger partial charge on any atom is 0.176 e. The number of hydrogen-bond acceptors (Lipinski definition) is 3. The summed E-state index contributed by atoms with van der Waals surface area (Å²) in [6.07, 6.45) is 13.0. The van der Waals surface area contributed by atoms with E-state index in [9.17, 15) is 0 Å². The average molecular weight is 196 g/mol. The number of rotatable bonds is 6. The predicted molar refractivity (Wildman–Crippen MR) is 57.0 cm³/mol. The number of aliphatic hydroxyl groups is 1. The van der Waals surface area contributed by atoms with E-state index in [-0.39, 0.29) is 6.29 Å². The number of methoxy groups -OCH3 is 2. The van der Waals surface area contributed by atoms with Gasteiger partial charge in [0.25, 0.3) is 0 Å². The van der Waals surface area contributed by atoms with Gasteiger partial charge in [0.1, 0.15) is 0 Å². The van der Waals surface area contributed by atoms with Gasteiger partial charge in [-0.2, -0.15) is 0 Å². The van der Waals surface area contributed by atoms with Gasteiger partial charge >= 0.3 is 0 Å². The number of allylic oxidation sites excluding steroid dienone is 6. The molecule has 0 aromatic rings. The van der Waals surface area contributed by atoms with Crippen molar-refractivity contribution in [3.63, 3.8) is 0 Å². The minimum Gasteiger partial charge on any atom is -0.516 e. The second kappa shape index (κ2) is 9.77. The monoisotopic (exact) mass is 196 g/mol. The van der Waals surface area contributed by atoms with E-state index >= 15 is 0 Å². The Kier molecular flexibility index (Phi) is 8.84. The summed E-state index contributed by atoms with van der Waals surface area (Å²) in [5.41, 5.74) is 0. The summed E-state index contributed by atoms with van der Waals surface area (Å²) in [6, 6.07) is 0. The van der Waals surface area contributed by atoms with Gasteiger partial charge in [-0.25, -0.2) is 0 Å². The van der Waals surface area contributed by atoms with E-state index in [4.69, 9.17) is 14.6 Å². The summed E-state index contributed by atoms with van der Waals surface area (Å²) in [5.74, 6) is 0. The summed E-state index contributed by atoms with van der Waals surface area (Å²) >= 11 is 0. The standard InChI is InChI=1S/C11H16O3/c1-13-11(14-2)9-7-5-3-4-6-8-10-12/h3-12H,1-2H3/b5-3+,6-4+,9-7+,10-8+. The summed E-state index contributed by atoms with van der Waals surface area (Å²) in [7, 11) is 3.16. The van der Waals surface area contributed by atoms with Crippen LogP contribution in [-0.2, 0) is 9.47 Å². The highest BCUT2D eigenvalue weighted by molar-refractivity contribution is 5.14. The maximum absolute atomic E-state index is 8.30. The van der Waals surface area contributed by atoms with Crippen LogP contribution in [0.3, 0.4) is 0 Å². The lowest BCUT2D eigenvalue weighted by molar-refractivity contribution is -0.0666. The van der Waals surface area contributed by atoms with Gasteiger partial charge in [-0.3, -0.25) is 0 Å². The zero-order chi connectivity index (χ0) is 10.6. The molecule has 0 aliphatic carbocycles. The van der Waals surface area contributed by atoms with E-state index in [1.807, 2.05) is 18.2 Å². The summed E-state index contributed by atoms with van der Waals surface area (Å²) < 4.78 is 9.88. The Morgan fingerprint density at radius 2 is 1.36 bits per heavy atom. The molecule has 78 valence electrons. The molecule has 0 saturated carbocycles. The van der Waals surface area contributed by atoms with Crippen LogP contribution in [0.5, 0.6) is 0 Å². The van der Waals surface area contributed by atoms with Crippen molar-refractivity contribution in [2.75, 3.05) is 14.2 Å². The van der Waals surface area contributed by atoms with Crippen molar-refractivity contribution in [2.45, 2.75) is 6.29 Å². The van der Waals surface area contributed by atoms with Gasteiger partial charge in [0, 0.05) is 14.2 Å². The Bertz CT molecular complexity index is 223. The molecule has 3 nitrogen and oxygen atoms in total. The van der Waals surface area contributed by atoms with Crippen molar-refractivity contribution < 1.29 is 14.6 Å². The van der Waals surface area contributed by atoms with Crippen LogP contribution in [0.1, 0.15) is 0 Å². The number of ether oxygens (including phenoxy) is 2. The van der Waals surface area contributed by atoms with Gasteiger partial charge < -0.3 is 14.6 Å². The summed E-state index contributed by atoms with van der Waals surface area (Å²) in [5, 5.41) is 8.30.